The first kappa shape index (κ1) is 15.0. The van der Waals surface area contributed by atoms with Gasteiger partial charge in [-0.25, -0.2) is 4.68 Å². The van der Waals surface area contributed by atoms with E-state index in [9.17, 15) is 4.79 Å². The van der Waals surface area contributed by atoms with E-state index in [1.165, 1.54) is 11.8 Å². The van der Waals surface area contributed by atoms with Gasteiger partial charge in [0.15, 0.2) is 5.82 Å². The van der Waals surface area contributed by atoms with Crippen molar-refractivity contribution in [1.82, 2.24) is 25.4 Å². The van der Waals surface area contributed by atoms with Crippen molar-refractivity contribution in [2.75, 3.05) is 17.7 Å². The molecule has 1 unspecified atom stereocenters. The van der Waals surface area contributed by atoms with Gasteiger partial charge in [0.25, 0.3) is 0 Å². The molecule has 0 radical (unpaired) electrons. The molecule has 1 aliphatic rings. The molecule has 118 valence electrons. The maximum absolute atomic E-state index is 11.9. The number of thioether (sulfide) groups is 1. The first-order chi connectivity index (χ1) is 10.7. The smallest absolute Gasteiger partial charge is 0.236 e. The third-order valence-electron chi connectivity index (χ3n) is 3.13. The third kappa shape index (κ3) is 3.83. The lowest BCUT2D eigenvalue weighted by molar-refractivity contribution is -0.113. The van der Waals surface area contributed by atoms with Crippen molar-refractivity contribution in [2.24, 2.45) is 0 Å². The van der Waals surface area contributed by atoms with Crippen LogP contribution in [-0.4, -0.2) is 49.7 Å². The molecule has 3 rings (SSSR count). The van der Waals surface area contributed by atoms with Crippen LogP contribution in [0.2, 0.25) is 0 Å². The van der Waals surface area contributed by atoms with Crippen molar-refractivity contribution in [1.29, 1.82) is 0 Å². The summed E-state index contributed by atoms with van der Waals surface area (Å²) in [5.41, 5.74) is 0. The number of anilines is 1. The molecule has 2 aromatic rings. The van der Waals surface area contributed by atoms with Crippen LogP contribution in [0.3, 0.4) is 0 Å². The first-order valence-electron chi connectivity index (χ1n) is 6.94. The molecule has 1 amide bonds. The number of aromatic nitrogens is 5. The zero-order valence-corrected chi connectivity index (χ0v) is 12.9. The molecule has 0 aliphatic carbocycles. The largest absolute Gasteiger partial charge is 0.376 e. The summed E-state index contributed by atoms with van der Waals surface area (Å²) in [7, 11) is 0. The van der Waals surface area contributed by atoms with Gasteiger partial charge in [-0.2, -0.15) is 0 Å². The molecule has 9 nitrogen and oxygen atoms in total. The number of carbonyl (C=O) groups excluding carboxylic acids is 1. The number of nitrogens with one attached hydrogen (secondary N) is 1. The highest BCUT2D eigenvalue weighted by Crippen LogP contribution is 2.18. The Kier molecular flexibility index (Phi) is 4.68. The number of carbonyl (C=O) groups is 1. The van der Waals surface area contributed by atoms with Crippen LogP contribution in [0.5, 0.6) is 0 Å². The zero-order chi connectivity index (χ0) is 15.4. The van der Waals surface area contributed by atoms with Crippen LogP contribution in [0.15, 0.2) is 15.7 Å². The molecule has 0 bridgehead atoms. The Bertz CT molecular complexity index is 636. The number of hydrogen-bond acceptors (Lipinski definition) is 8. The van der Waals surface area contributed by atoms with E-state index in [-0.39, 0.29) is 17.8 Å². The summed E-state index contributed by atoms with van der Waals surface area (Å²) in [5.74, 6) is 1.05. The van der Waals surface area contributed by atoms with E-state index in [1.54, 1.807) is 17.7 Å². The van der Waals surface area contributed by atoms with Crippen molar-refractivity contribution in [3.63, 3.8) is 0 Å². The number of ether oxygens (including phenoxy) is 1. The number of aryl methyl sites for hydroxylation is 1. The van der Waals surface area contributed by atoms with Crippen molar-refractivity contribution in [3.8, 4) is 0 Å². The van der Waals surface area contributed by atoms with E-state index >= 15 is 0 Å². The molecule has 3 heterocycles. The summed E-state index contributed by atoms with van der Waals surface area (Å²) in [6, 6.07) is 1.66. The Morgan fingerprint density at radius 3 is 3.23 bits per heavy atom. The minimum absolute atomic E-state index is 0.148. The molecule has 10 heteroatoms. The van der Waals surface area contributed by atoms with E-state index in [4.69, 9.17) is 9.26 Å². The van der Waals surface area contributed by atoms with Crippen molar-refractivity contribution < 1.29 is 14.1 Å². The maximum atomic E-state index is 11.9. The van der Waals surface area contributed by atoms with Crippen molar-refractivity contribution in [2.45, 2.75) is 37.6 Å². The lowest BCUT2D eigenvalue weighted by Gasteiger charge is -2.09. The number of hydrogen-bond donors (Lipinski definition) is 1. The fourth-order valence-electron chi connectivity index (χ4n) is 2.13. The molecule has 1 saturated heterocycles. The highest BCUT2D eigenvalue weighted by molar-refractivity contribution is 7.99. The number of amides is 1. The normalized spacial score (nSPS) is 17.8. The Hall–Kier alpha value is -1.94. The quantitative estimate of drug-likeness (QED) is 0.780. The molecule has 0 aromatic carbocycles. The van der Waals surface area contributed by atoms with Gasteiger partial charge in [-0.3, -0.25) is 4.79 Å². The van der Waals surface area contributed by atoms with Crippen molar-refractivity contribution >= 4 is 23.5 Å². The molecule has 1 N–H and O–H groups in total. The summed E-state index contributed by atoms with van der Waals surface area (Å²) in [5, 5.41) is 18.5. The summed E-state index contributed by atoms with van der Waals surface area (Å²) < 4.78 is 12.1. The summed E-state index contributed by atoms with van der Waals surface area (Å²) in [6.07, 6.45) is 2.22. The highest BCUT2D eigenvalue weighted by atomic mass is 32.2. The van der Waals surface area contributed by atoms with E-state index in [0.717, 1.165) is 19.4 Å². The van der Waals surface area contributed by atoms with Crippen LogP contribution < -0.4 is 5.32 Å². The van der Waals surface area contributed by atoms with E-state index in [0.29, 0.717) is 23.3 Å². The molecular formula is C12H16N6O3S. The molecule has 1 atom stereocenters. The van der Waals surface area contributed by atoms with Crippen LogP contribution in [0.4, 0.5) is 5.82 Å². The standard InChI is InChI=1S/C12H16N6O3S/c1-8-5-10(15-21-8)13-11(19)7-22-12-14-16-17-18(12)6-9-3-2-4-20-9/h5,9H,2-4,6-7H2,1H3,(H,13,15,19). The summed E-state index contributed by atoms with van der Waals surface area (Å²) >= 11 is 1.27. The monoisotopic (exact) mass is 324 g/mol. The predicted octanol–water partition coefficient (Wildman–Crippen LogP) is 0.879. The lowest BCUT2D eigenvalue weighted by Crippen LogP contribution is -2.18. The van der Waals surface area contributed by atoms with Gasteiger partial charge in [-0.05, 0) is 30.2 Å². The number of rotatable bonds is 6. The van der Waals surface area contributed by atoms with E-state index in [1.807, 2.05) is 0 Å². The number of nitrogens with zero attached hydrogens (tertiary/aromatic N) is 5. The molecule has 2 aromatic heterocycles. The fraction of sp³-hybridized carbons (Fsp3) is 0.583. The molecule has 1 fully saturated rings. The van der Waals surface area contributed by atoms with E-state index in [2.05, 4.69) is 26.0 Å². The Morgan fingerprint density at radius 2 is 2.50 bits per heavy atom. The van der Waals surface area contributed by atoms with Gasteiger partial charge in [-0.1, -0.05) is 16.9 Å². The molecule has 1 aliphatic heterocycles. The number of tetrazole rings is 1. The van der Waals surface area contributed by atoms with Gasteiger partial charge >= 0.3 is 0 Å². The topological polar surface area (TPSA) is 108 Å². The van der Waals surface area contributed by atoms with Crippen LogP contribution in [0, 0.1) is 6.92 Å². The van der Waals surface area contributed by atoms with Crippen LogP contribution in [0.25, 0.3) is 0 Å². The van der Waals surface area contributed by atoms with Crippen molar-refractivity contribution in [3.05, 3.63) is 11.8 Å². The Labute approximate surface area is 130 Å². The molecular weight excluding hydrogens is 308 g/mol. The zero-order valence-electron chi connectivity index (χ0n) is 12.1. The summed E-state index contributed by atoms with van der Waals surface area (Å²) in [6.45, 7) is 3.16. The average molecular weight is 324 g/mol. The van der Waals surface area contributed by atoms with Gasteiger partial charge in [-0.15, -0.1) is 5.10 Å². The van der Waals surface area contributed by atoms with Crippen LogP contribution in [-0.2, 0) is 16.1 Å². The SMILES string of the molecule is Cc1cc(NC(=O)CSc2nnnn2CC2CCCO2)no1. The second-order valence-corrected chi connectivity index (χ2v) is 5.88. The van der Waals surface area contributed by atoms with Gasteiger partial charge in [0.05, 0.1) is 18.4 Å². The first-order valence-corrected chi connectivity index (χ1v) is 7.93. The van der Waals surface area contributed by atoms with Crippen LogP contribution in [0.1, 0.15) is 18.6 Å². The fourth-order valence-corrected chi connectivity index (χ4v) is 2.82. The minimum Gasteiger partial charge on any atom is -0.376 e. The summed E-state index contributed by atoms with van der Waals surface area (Å²) in [4.78, 5) is 11.9. The lowest BCUT2D eigenvalue weighted by atomic mass is 10.2. The predicted molar refractivity (Wildman–Crippen MR) is 77.4 cm³/mol. The second-order valence-electron chi connectivity index (χ2n) is 4.94. The van der Waals surface area contributed by atoms with Gasteiger partial charge in [0, 0.05) is 12.7 Å². The molecule has 0 spiro atoms. The van der Waals surface area contributed by atoms with Gasteiger partial charge < -0.3 is 14.6 Å². The Morgan fingerprint density at radius 1 is 1.59 bits per heavy atom. The highest BCUT2D eigenvalue weighted by Gasteiger charge is 2.19. The van der Waals surface area contributed by atoms with Gasteiger partial charge in [0.2, 0.25) is 11.1 Å². The molecule has 0 saturated carbocycles. The Balaban J connectivity index is 1.50. The second kappa shape index (κ2) is 6.88. The molecule has 22 heavy (non-hydrogen) atoms. The van der Waals surface area contributed by atoms with E-state index < -0.39 is 0 Å². The average Bonchev–Trinajstić information content (AvgIpc) is 3.21. The minimum atomic E-state index is -0.190. The third-order valence-corrected chi connectivity index (χ3v) is 4.08. The maximum Gasteiger partial charge on any atom is 0.236 e. The van der Waals surface area contributed by atoms with Crippen LogP contribution >= 0.6 is 11.8 Å². The van der Waals surface area contributed by atoms with Gasteiger partial charge in [0.1, 0.15) is 5.76 Å².